The van der Waals surface area contributed by atoms with Gasteiger partial charge in [0.25, 0.3) is 0 Å². The van der Waals surface area contributed by atoms with Crippen molar-refractivity contribution in [3.05, 3.63) is 0 Å². The normalized spacial score (nSPS) is 23.7. The second-order valence-corrected chi connectivity index (χ2v) is 6.46. The molecule has 120 valence electrons. The molecule has 0 saturated carbocycles. The minimum absolute atomic E-state index is 0.322. The highest BCUT2D eigenvalue weighted by molar-refractivity contribution is 4.87. The molecule has 1 heterocycles. The lowest BCUT2D eigenvalue weighted by molar-refractivity contribution is -0.0256. The van der Waals surface area contributed by atoms with Crippen LogP contribution in [0.15, 0.2) is 0 Å². The van der Waals surface area contributed by atoms with Gasteiger partial charge in [0, 0.05) is 25.1 Å². The molecule has 0 bridgehead atoms. The van der Waals surface area contributed by atoms with Gasteiger partial charge in [-0.15, -0.1) is 0 Å². The Hall–Kier alpha value is -0.160. The molecular formula is C16H35N3O. The number of nitrogens with zero attached hydrogens (tertiary/aromatic N) is 2. The maximum absolute atomic E-state index is 5.80. The largest absolute Gasteiger partial charge is 0.381 e. The van der Waals surface area contributed by atoms with Crippen LogP contribution in [0.4, 0.5) is 0 Å². The first-order valence-electron chi connectivity index (χ1n) is 8.27. The fraction of sp³-hybridized carbons (Fsp3) is 1.00. The van der Waals surface area contributed by atoms with Crippen molar-refractivity contribution < 1.29 is 4.74 Å². The Bertz CT molecular complexity index is 240. The van der Waals surface area contributed by atoms with Crippen molar-refractivity contribution in [2.24, 2.45) is 5.41 Å². The smallest absolute Gasteiger partial charge is 0.0546 e. The fourth-order valence-electron chi connectivity index (χ4n) is 3.05. The third kappa shape index (κ3) is 6.53. The number of rotatable bonds is 10. The second-order valence-electron chi connectivity index (χ2n) is 6.46. The minimum atomic E-state index is 0.322. The number of nitrogens with one attached hydrogen (secondary N) is 1. The molecule has 1 aliphatic heterocycles. The molecule has 4 nitrogen and oxygen atoms in total. The standard InChI is InChI=1S/C16H35N3O/c1-5-17-13-16(9-7-12-20-15-16)14-19(6-2)11-8-10-18(3)4/h17H,5-15H2,1-4H3. The van der Waals surface area contributed by atoms with Gasteiger partial charge < -0.3 is 19.9 Å². The van der Waals surface area contributed by atoms with E-state index in [9.17, 15) is 0 Å². The summed E-state index contributed by atoms with van der Waals surface area (Å²) >= 11 is 0. The molecule has 4 heteroatoms. The van der Waals surface area contributed by atoms with Crippen LogP contribution in [-0.4, -0.2) is 76.4 Å². The van der Waals surface area contributed by atoms with Crippen molar-refractivity contribution in [3.63, 3.8) is 0 Å². The van der Waals surface area contributed by atoms with E-state index in [1.807, 2.05) is 0 Å². The lowest BCUT2D eigenvalue weighted by Gasteiger charge is -2.41. The zero-order valence-corrected chi connectivity index (χ0v) is 14.1. The van der Waals surface area contributed by atoms with Crippen molar-refractivity contribution in [2.75, 3.05) is 66.6 Å². The SMILES string of the molecule is CCNCC1(CN(CC)CCCN(C)C)CCCOC1. The second kappa shape index (κ2) is 9.72. The number of hydrogen-bond acceptors (Lipinski definition) is 4. The van der Waals surface area contributed by atoms with Gasteiger partial charge in [-0.2, -0.15) is 0 Å². The van der Waals surface area contributed by atoms with E-state index in [0.29, 0.717) is 5.41 Å². The van der Waals surface area contributed by atoms with Crippen LogP contribution in [0.2, 0.25) is 0 Å². The third-order valence-corrected chi connectivity index (χ3v) is 4.24. The maximum atomic E-state index is 5.80. The molecule has 1 unspecified atom stereocenters. The van der Waals surface area contributed by atoms with Gasteiger partial charge in [0.1, 0.15) is 0 Å². The quantitative estimate of drug-likeness (QED) is 0.661. The number of hydrogen-bond donors (Lipinski definition) is 1. The predicted molar refractivity (Wildman–Crippen MR) is 86.3 cm³/mol. The average molecular weight is 285 g/mol. The fourth-order valence-corrected chi connectivity index (χ4v) is 3.05. The Morgan fingerprint density at radius 3 is 2.55 bits per heavy atom. The van der Waals surface area contributed by atoms with Crippen molar-refractivity contribution in [1.29, 1.82) is 0 Å². The van der Waals surface area contributed by atoms with Gasteiger partial charge in [-0.3, -0.25) is 0 Å². The maximum Gasteiger partial charge on any atom is 0.0546 e. The van der Waals surface area contributed by atoms with Crippen LogP contribution in [0.5, 0.6) is 0 Å². The van der Waals surface area contributed by atoms with Crippen molar-refractivity contribution >= 4 is 0 Å². The van der Waals surface area contributed by atoms with Crippen LogP contribution in [0.25, 0.3) is 0 Å². The average Bonchev–Trinajstić information content (AvgIpc) is 2.45. The zero-order valence-electron chi connectivity index (χ0n) is 14.1. The molecule has 1 N–H and O–H groups in total. The van der Waals surface area contributed by atoms with Crippen LogP contribution >= 0.6 is 0 Å². The summed E-state index contributed by atoms with van der Waals surface area (Å²) in [5.41, 5.74) is 0.322. The van der Waals surface area contributed by atoms with Gasteiger partial charge in [0.05, 0.1) is 6.61 Å². The third-order valence-electron chi connectivity index (χ3n) is 4.24. The molecule has 0 aromatic rings. The first-order chi connectivity index (χ1) is 9.62. The molecule has 1 aliphatic rings. The Morgan fingerprint density at radius 1 is 1.20 bits per heavy atom. The highest BCUT2D eigenvalue weighted by Gasteiger charge is 2.34. The van der Waals surface area contributed by atoms with E-state index < -0.39 is 0 Å². The van der Waals surface area contributed by atoms with Crippen LogP contribution < -0.4 is 5.32 Å². The molecule has 0 aromatic carbocycles. The summed E-state index contributed by atoms with van der Waals surface area (Å²) in [6.07, 6.45) is 3.75. The van der Waals surface area contributed by atoms with Gasteiger partial charge in [-0.1, -0.05) is 13.8 Å². The van der Waals surface area contributed by atoms with Crippen molar-refractivity contribution in [2.45, 2.75) is 33.1 Å². The Labute approximate surface area is 125 Å². The minimum Gasteiger partial charge on any atom is -0.381 e. The molecule has 0 aromatic heterocycles. The van der Waals surface area contributed by atoms with E-state index in [0.717, 1.165) is 32.8 Å². The summed E-state index contributed by atoms with van der Waals surface area (Å²) in [4.78, 5) is 4.88. The lowest BCUT2D eigenvalue weighted by atomic mass is 9.81. The van der Waals surface area contributed by atoms with Crippen molar-refractivity contribution in [1.82, 2.24) is 15.1 Å². The molecule has 0 amide bonds. The summed E-state index contributed by atoms with van der Waals surface area (Å²) in [5.74, 6) is 0. The highest BCUT2D eigenvalue weighted by Crippen LogP contribution is 2.29. The summed E-state index contributed by atoms with van der Waals surface area (Å²) in [5, 5.41) is 3.55. The zero-order chi connectivity index (χ0) is 14.8. The van der Waals surface area contributed by atoms with E-state index in [1.54, 1.807) is 0 Å². The molecule has 0 aliphatic carbocycles. The van der Waals surface area contributed by atoms with Gasteiger partial charge in [-0.25, -0.2) is 0 Å². The van der Waals surface area contributed by atoms with Gasteiger partial charge >= 0.3 is 0 Å². The molecular weight excluding hydrogens is 250 g/mol. The Kier molecular flexibility index (Phi) is 8.69. The lowest BCUT2D eigenvalue weighted by Crippen LogP contribution is -2.49. The molecule has 1 rings (SSSR count). The molecule has 1 saturated heterocycles. The van der Waals surface area contributed by atoms with Crippen LogP contribution in [0.1, 0.15) is 33.1 Å². The van der Waals surface area contributed by atoms with Crippen LogP contribution in [0, 0.1) is 5.41 Å². The molecule has 1 fully saturated rings. The summed E-state index contributed by atoms with van der Waals surface area (Å²) in [6.45, 7) is 13.2. The highest BCUT2D eigenvalue weighted by atomic mass is 16.5. The molecule has 0 radical (unpaired) electrons. The van der Waals surface area contributed by atoms with Crippen LogP contribution in [0.3, 0.4) is 0 Å². The van der Waals surface area contributed by atoms with Gasteiger partial charge in [-0.05, 0) is 59.5 Å². The molecule has 1 atom stereocenters. The van der Waals surface area contributed by atoms with Gasteiger partial charge in [0.15, 0.2) is 0 Å². The molecule has 20 heavy (non-hydrogen) atoms. The topological polar surface area (TPSA) is 27.7 Å². The van der Waals surface area contributed by atoms with Gasteiger partial charge in [0.2, 0.25) is 0 Å². The van der Waals surface area contributed by atoms with Crippen LogP contribution in [-0.2, 0) is 4.74 Å². The summed E-state index contributed by atoms with van der Waals surface area (Å²) in [6, 6.07) is 0. The number of ether oxygens (including phenoxy) is 1. The first-order valence-corrected chi connectivity index (χ1v) is 8.27. The first kappa shape index (κ1) is 17.9. The van der Waals surface area contributed by atoms with E-state index in [-0.39, 0.29) is 0 Å². The summed E-state index contributed by atoms with van der Waals surface area (Å²) in [7, 11) is 4.30. The molecule has 0 spiro atoms. The predicted octanol–water partition coefficient (Wildman–Crippen LogP) is 1.67. The van der Waals surface area contributed by atoms with E-state index in [1.165, 1.54) is 38.9 Å². The Morgan fingerprint density at radius 2 is 2.00 bits per heavy atom. The Balaban J connectivity index is 2.47. The van der Waals surface area contributed by atoms with E-state index >= 15 is 0 Å². The summed E-state index contributed by atoms with van der Waals surface area (Å²) < 4.78 is 5.80. The van der Waals surface area contributed by atoms with Crippen molar-refractivity contribution in [3.8, 4) is 0 Å². The monoisotopic (exact) mass is 285 g/mol. The van der Waals surface area contributed by atoms with E-state index in [2.05, 4.69) is 43.1 Å². The van der Waals surface area contributed by atoms with E-state index in [4.69, 9.17) is 4.74 Å².